The second kappa shape index (κ2) is 5.57. The molecule has 1 saturated heterocycles. The molecule has 5 heteroatoms. The summed E-state index contributed by atoms with van der Waals surface area (Å²) < 4.78 is 0. The fourth-order valence-corrected chi connectivity index (χ4v) is 2.44. The van der Waals surface area contributed by atoms with Gasteiger partial charge < -0.3 is 10.6 Å². The number of carbonyl (C=O) groups excluding carboxylic acids is 1. The minimum absolute atomic E-state index is 0.0387. The second-order valence-electron chi connectivity index (χ2n) is 4.92. The number of rotatable bonds is 1. The lowest BCUT2D eigenvalue weighted by Crippen LogP contribution is -2.32. The number of pyridine rings is 1. The van der Waals surface area contributed by atoms with E-state index >= 15 is 0 Å². The number of nitrogens with zero attached hydrogens (tertiary/aromatic N) is 2. The fraction of sp³-hybridized carbons (Fsp3) is 0.538. The standard InChI is InChI=1S/C13H18ClN3O/c1-9-3-2-5-17(6-4-9)13(18)10-7-12(15)16-8-11(10)14/h7-9H,2-6H2,1H3,(H2,15,16). The van der Waals surface area contributed by atoms with Crippen molar-refractivity contribution in [3.8, 4) is 0 Å². The van der Waals surface area contributed by atoms with Crippen molar-refractivity contribution in [3.63, 3.8) is 0 Å². The van der Waals surface area contributed by atoms with Crippen LogP contribution in [0, 0.1) is 5.92 Å². The maximum atomic E-state index is 12.4. The van der Waals surface area contributed by atoms with E-state index in [-0.39, 0.29) is 5.91 Å². The van der Waals surface area contributed by atoms with Crippen molar-refractivity contribution in [2.75, 3.05) is 18.8 Å². The molecule has 1 atom stereocenters. The lowest BCUT2D eigenvalue weighted by Gasteiger charge is -2.21. The first-order valence-electron chi connectivity index (χ1n) is 6.28. The zero-order valence-electron chi connectivity index (χ0n) is 10.5. The van der Waals surface area contributed by atoms with E-state index in [1.54, 1.807) is 6.07 Å². The van der Waals surface area contributed by atoms with Gasteiger partial charge >= 0.3 is 0 Å². The van der Waals surface area contributed by atoms with E-state index in [0.29, 0.717) is 22.3 Å². The van der Waals surface area contributed by atoms with Gasteiger partial charge in [0.15, 0.2) is 0 Å². The minimum atomic E-state index is -0.0387. The molecule has 1 aromatic rings. The Balaban J connectivity index is 2.17. The monoisotopic (exact) mass is 267 g/mol. The van der Waals surface area contributed by atoms with Crippen LogP contribution in [0.25, 0.3) is 0 Å². The van der Waals surface area contributed by atoms with Crippen molar-refractivity contribution in [3.05, 3.63) is 22.8 Å². The van der Waals surface area contributed by atoms with Gasteiger partial charge in [0.25, 0.3) is 5.91 Å². The molecule has 98 valence electrons. The van der Waals surface area contributed by atoms with Crippen LogP contribution in [0.5, 0.6) is 0 Å². The van der Waals surface area contributed by atoms with Gasteiger partial charge in [-0.05, 0) is 31.2 Å². The van der Waals surface area contributed by atoms with E-state index in [0.717, 1.165) is 25.9 Å². The van der Waals surface area contributed by atoms with Crippen LogP contribution in [-0.2, 0) is 0 Å². The molecule has 0 saturated carbocycles. The maximum Gasteiger partial charge on any atom is 0.255 e. The van der Waals surface area contributed by atoms with Gasteiger partial charge in [-0.1, -0.05) is 18.5 Å². The van der Waals surface area contributed by atoms with Crippen molar-refractivity contribution in [1.82, 2.24) is 9.88 Å². The smallest absolute Gasteiger partial charge is 0.255 e. The molecule has 2 heterocycles. The third kappa shape index (κ3) is 2.93. The van der Waals surface area contributed by atoms with Gasteiger partial charge in [-0.2, -0.15) is 0 Å². The van der Waals surface area contributed by atoms with Gasteiger partial charge in [0.1, 0.15) is 5.82 Å². The van der Waals surface area contributed by atoms with E-state index in [2.05, 4.69) is 11.9 Å². The van der Waals surface area contributed by atoms with Gasteiger partial charge in [0.05, 0.1) is 10.6 Å². The third-order valence-corrected chi connectivity index (χ3v) is 3.71. The quantitative estimate of drug-likeness (QED) is 0.851. The number of amides is 1. The number of nitrogens with two attached hydrogens (primary N) is 1. The number of likely N-dealkylation sites (tertiary alicyclic amines) is 1. The van der Waals surface area contributed by atoms with Gasteiger partial charge in [-0.25, -0.2) is 4.98 Å². The molecule has 0 radical (unpaired) electrons. The molecule has 2 rings (SSSR count). The molecule has 0 bridgehead atoms. The molecule has 1 unspecified atom stereocenters. The molecule has 18 heavy (non-hydrogen) atoms. The Morgan fingerprint density at radius 2 is 2.28 bits per heavy atom. The number of halogens is 1. The summed E-state index contributed by atoms with van der Waals surface area (Å²) >= 11 is 6.01. The van der Waals surface area contributed by atoms with Gasteiger partial charge in [-0.3, -0.25) is 4.79 Å². The number of nitrogen functional groups attached to an aromatic ring is 1. The van der Waals surface area contributed by atoms with Crippen molar-refractivity contribution in [1.29, 1.82) is 0 Å². The van der Waals surface area contributed by atoms with Crippen LogP contribution in [0.3, 0.4) is 0 Å². The number of hydrogen-bond acceptors (Lipinski definition) is 3. The Morgan fingerprint density at radius 3 is 3.06 bits per heavy atom. The molecule has 0 aromatic carbocycles. The molecule has 1 aliphatic rings. The van der Waals surface area contributed by atoms with Crippen LogP contribution in [0.2, 0.25) is 5.02 Å². The first-order valence-corrected chi connectivity index (χ1v) is 6.66. The Hall–Kier alpha value is -1.29. The van der Waals surface area contributed by atoms with Crippen molar-refractivity contribution >= 4 is 23.3 Å². The van der Waals surface area contributed by atoms with Crippen LogP contribution < -0.4 is 5.73 Å². The Labute approximate surface area is 112 Å². The van der Waals surface area contributed by atoms with Crippen molar-refractivity contribution in [2.24, 2.45) is 5.92 Å². The second-order valence-corrected chi connectivity index (χ2v) is 5.32. The van der Waals surface area contributed by atoms with E-state index < -0.39 is 0 Å². The van der Waals surface area contributed by atoms with Crippen LogP contribution in [0.4, 0.5) is 5.82 Å². The molecular weight excluding hydrogens is 250 g/mol. The summed E-state index contributed by atoms with van der Waals surface area (Å²) in [5.41, 5.74) is 6.06. The SMILES string of the molecule is CC1CCCN(C(=O)c2cc(N)ncc2Cl)CC1. The fourth-order valence-electron chi connectivity index (χ4n) is 2.26. The summed E-state index contributed by atoms with van der Waals surface area (Å²) in [4.78, 5) is 18.1. The maximum absolute atomic E-state index is 12.4. The summed E-state index contributed by atoms with van der Waals surface area (Å²) in [6.45, 7) is 3.81. The summed E-state index contributed by atoms with van der Waals surface area (Å²) in [6, 6.07) is 1.55. The molecular formula is C13H18ClN3O. The first kappa shape index (κ1) is 13.1. The normalized spacial score (nSPS) is 20.6. The zero-order valence-corrected chi connectivity index (χ0v) is 11.3. The molecule has 1 aliphatic heterocycles. The first-order chi connectivity index (χ1) is 8.58. The predicted octanol–water partition coefficient (Wildman–Crippen LogP) is 2.58. The topological polar surface area (TPSA) is 59.2 Å². The zero-order chi connectivity index (χ0) is 13.1. The van der Waals surface area contributed by atoms with E-state index in [1.807, 2.05) is 4.90 Å². The number of hydrogen-bond donors (Lipinski definition) is 1. The van der Waals surface area contributed by atoms with Gasteiger partial charge in [0, 0.05) is 19.3 Å². The molecule has 0 spiro atoms. The Bertz CT molecular complexity index is 450. The highest BCUT2D eigenvalue weighted by Crippen LogP contribution is 2.22. The van der Waals surface area contributed by atoms with E-state index in [4.69, 9.17) is 17.3 Å². The third-order valence-electron chi connectivity index (χ3n) is 3.41. The van der Waals surface area contributed by atoms with E-state index in [9.17, 15) is 4.79 Å². The average molecular weight is 268 g/mol. The van der Waals surface area contributed by atoms with Crippen LogP contribution in [-0.4, -0.2) is 28.9 Å². The van der Waals surface area contributed by atoms with Crippen LogP contribution in [0.1, 0.15) is 36.5 Å². The van der Waals surface area contributed by atoms with Crippen molar-refractivity contribution < 1.29 is 4.79 Å². The van der Waals surface area contributed by atoms with Gasteiger partial charge in [-0.15, -0.1) is 0 Å². The Kier molecular flexibility index (Phi) is 4.07. The number of anilines is 1. The molecule has 4 nitrogen and oxygen atoms in total. The van der Waals surface area contributed by atoms with Crippen molar-refractivity contribution in [2.45, 2.75) is 26.2 Å². The summed E-state index contributed by atoms with van der Waals surface area (Å²) in [6.07, 6.45) is 4.70. The lowest BCUT2D eigenvalue weighted by atomic mass is 10.0. The highest BCUT2D eigenvalue weighted by atomic mass is 35.5. The molecule has 1 amide bonds. The lowest BCUT2D eigenvalue weighted by molar-refractivity contribution is 0.0760. The molecule has 1 fully saturated rings. The highest BCUT2D eigenvalue weighted by Gasteiger charge is 2.21. The van der Waals surface area contributed by atoms with Crippen LogP contribution >= 0.6 is 11.6 Å². The molecule has 2 N–H and O–H groups in total. The average Bonchev–Trinajstić information content (AvgIpc) is 2.56. The van der Waals surface area contributed by atoms with E-state index in [1.165, 1.54) is 12.6 Å². The largest absolute Gasteiger partial charge is 0.384 e. The highest BCUT2D eigenvalue weighted by molar-refractivity contribution is 6.33. The summed E-state index contributed by atoms with van der Waals surface area (Å²) in [5, 5.41) is 0.367. The van der Waals surface area contributed by atoms with Gasteiger partial charge in [0.2, 0.25) is 0 Å². The number of carbonyl (C=O) groups is 1. The summed E-state index contributed by atoms with van der Waals surface area (Å²) in [5.74, 6) is 0.968. The molecule has 1 aromatic heterocycles. The minimum Gasteiger partial charge on any atom is -0.384 e. The predicted molar refractivity (Wildman–Crippen MR) is 72.6 cm³/mol. The Morgan fingerprint density at radius 1 is 1.50 bits per heavy atom. The molecule has 0 aliphatic carbocycles. The van der Waals surface area contributed by atoms with Crippen LogP contribution in [0.15, 0.2) is 12.3 Å². The summed E-state index contributed by atoms with van der Waals surface area (Å²) in [7, 11) is 0. The number of aromatic nitrogens is 1.